The second-order valence-corrected chi connectivity index (χ2v) is 7.04. The zero-order valence-corrected chi connectivity index (χ0v) is 14.0. The molecule has 0 spiro atoms. The van der Waals surface area contributed by atoms with E-state index in [0.717, 1.165) is 12.1 Å². The van der Waals surface area contributed by atoms with E-state index in [9.17, 15) is 22.0 Å². The molecular formula is C17H13F2NO5S. The maximum absolute atomic E-state index is 13.9. The van der Waals surface area contributed by atoms with E-state index in [0.29, 0.717) is 5.56 Å². The Balaban J connectivity index is 1.82. The van der Waals surface area contributed by atoms with Gasteiger partial charge in [0.25, 0.3) is 0 Å². The Morgan fingerprint density at radius 2 is 1.77 bits per heavy atom. The third kappa shape index (κ3) is 3.52. The third-order valence-electron chi connectivity index (χ3n) is 3.59. The topological polar surface area (TPSA) is 95.7 Å². The molecule has 0 saturated carbocycles. The molecule has 1 atom stereocenters. The van der Waals surface area contributed by atoms with Gasteiger partial charge in [0.15, 0.2) is 17.7 Å². The van der Waals surface area contributed by atoms with Gasteiger partial charge in [0, 0.05) is 5.56 Å². The van der Waals surface area contributed by atoms with Gasteiger partial charge in [0.1, 0.15) is 5.75 Å². The lowest BCUT2D eigenvalue weighted by Crippen LogP contribution is -2.17. The van der Waals surface area contributed by atoms with E-state index in [1.165, 1.54) is 6.07 Å². The molecule has 0 aliphatic carbocycles. The number of nitrogens with two attached hydrogens (primary N) is 1. The Labute approximate surface area is 148 Å². The van der Waals surface area contributed by atoms with Gasteiger partial charge in [0.2, 0.25) is 17.4 Å². The van der Waals surface area contributed by atoms with E-state index in [-0.39, 0.29) is 0 Å². The van der Waals surface area contributed by atoms with Crippen molar-refractivity contribution >= 4 is 15.9 Å². The van der Waals surface area contributed by atoms with Gasteiger partial charge >= 0.3 is 10.1 Å². The van der Waals surface area contributed by atoms with Gasteiger partial charge in [-0.1, -0.05) is 42.5 Å². The molecule has 0 amide bonds. The fourth-order valence-corrected chi connectivity index (χ4v) is 3.50. The van der Waals surface area contributed by atoms with E-state index in [1.807, 2.05) is 0 Å². The Morgan fingerprint density at radius 3 is 2.46 bits per heavy atom. The Kier molecular flexibility index (Phi) is 4.64. The van der Waals surface area contributed by atoms with Crippen molar-refractivity contribution in [1.82, 2.24) is 0 Å². The molecule has 1 aliphatic heterocycles. The minimum atomic E-state index is -4.21. The quantitative estimate of drug-likeness (QED) is 0.799. The number of ketones is 1. The number of carbonyl (C=O) groups excluding carboxylic acids is 1. The van der Waals surface area contributed by atoms with Crippen molar-refractivity contribution in [2.24, 2.45) is 5.73 Å². The molecular weight excluding hydrogens is 368 g/mol. The molecule has 2 aromatic rings. The molecule has 0 fully saturated rings. The summed E-state index contributed by atoms with van der Waals surface area (Å²) in [6.07, 6.45) is -1.62. The molecule has 1 heterocycles. The highest BCUT2D eigenvalue weighted by atomic mass is 32.2. The summed E-state index contributed by atoms with van der Waals surface area (Å²) in [5, 5.41) is 0. The zero-order valence-electron chi connectivity index (χ0n) is 13.2. The molecule has 0 unspecified atom stereocenters. The lowest BCUT2D eigenvalue weighted by molar-refractivity contribution is -0.123. The molecule has 2 N–H and O–H groups in total. The zero-order chi connectivity index (χ0) is 18.9. The first-order valence-corrected chi connectivity index (χ1v) is 8.97. The van der Waals surface area contributed by atoms with Crippen LogP contribution in [-0.4, -0.2) is 14.2 Å². The monoisotopic (exact) mass is 381 g/mol. The first-order chi connectivity index (χ1) is 12.3. The molecule has 2 aromatic carbocycles. The number of carbonyl (C=O) groups is 1. The van der Waals surface area contributed by atoms with Gasteiger partial charge in [0.05, 0.1) is 0 Å². The fraction of sp³-hybridized carbons (Fsp3) is 0.118. The summed E-state index contributed by atoms with van der Waals surface area (Å²) in [5.74, 6) is -5.34. The summed E-state index contributed by atoms with van der Waals surface area (Å²) in [4.78, 5) is 12.4. The van der Waals surface area contributed by atoms with Crippen LogP contribution in [0.2, 0.25) is 0 Å². The summed E-state index contributed by atoms with van der Waals surface area (Å²) < 4.78 is 61.4. The molecule has 9 heteroatoms. The minimum absolute atomic E-state index is 0.406. The average molecular weight is 381 g/mol. The highest BCUT2D eigenvalue weighted by molar-refractivity contribution is 7.86. The fourth-order valence-electron chi connectivity index (χ4n) is 2.42. The number of ether oxygens (including phenoxy) is 1. The van der Waals surface area contributed by atoms with Crippen LogP contribution in [0.4, 0.5) is 8.78 Å². The Hall–Kier alpha value is -2.94. The van der Waals surface area contributed by atoms with Gasteiger partial charge in [-0.3, -0.25) is 4.79 Å². The molecule has 3 rings (SSSR count). The van der Waals surface area contributed by atoms with E-state index < -0.39 is 56.6 Å². The second-order valence-electron chi connectivity index (χ2n) is 5.47. The first kappa shape index (κ1) is 17.9. The van der Waals surface area contributed by atoms with Crippen molar-refractivity contribution in [2.45, 2.75) is 11.9 Å². The van der Waals surface area contributed by atoms with Crippen LogP contribution in [0.25, 0.3) is 0 Å². The van der Waals surface area contributed by atoms with Gasteiger partial charge < -0.3 is 14.7 Å². The molecule has 0 radical (unpaired) electrons. The smallest absolute Gasteiger partial charge is 0.313 e. The van der Waals surface area contributed by atoms with Crippen LogP contribution in [0.15, 0.2) is 60.2 Å². The number of Topliss-reactive ketones (excluding diaryl/α,β-unsaturated/α-hetero) is 1. The maximum atomic E-state index is 13.9. The van der Waals surface area contributed by atoms with E-state index in [2.05, 4.69) is 0 Å². The number of hydrogen-bond acceptors (Lipinski definition) is 6. The summed E-state index contributed by atoms with van der Waals surface area (Å²) in [7, 11) is -4.21. The molecule has 1 aliphatic rings. The van der Waals surface area contributed by atoms with E-state index in [4.69, 9.17) is 14.7 Å². The molecule has 0 saturated heterocycles. The molecule has 0 bridgehead atoms. The second kappa shape index (κ2) is 6.75. The van der Waals surface area contributed by atoms with Crippen LogP contribution in [0.1, 0.15) is 17.2 Å². The highest BCUT2D eigenvalue weighted by Gasteiger charge is 2.41. The van der Waals surface area contributed by atoms with Crippen molar-refractivity contribution in [1.29, 1.82) is 0 Å². The SMILES string of the molecule is NC1=C(OS(=O)(=O)Cc2ccccc2)C(=O)[C@@H](c2cccc(F)c2F)O1. The van der Waals surface area contributed by atoms with Crippen molar-refractivity contribution in [3.05, 3.63) is 82.9 Å². The molecule has 0 aromatic heterocycles. The van der Waals surface area contributed by atoms with Crippen LogP contribution in [0.5, 0.6) is 0 Å². The maximum Gasteiger partial charge on any atom is 0.313 e. The lowest BCUT2D eigenvalue weighted by Gasteiger charge is -2.11. The average Bonchev–Trinajstić information content (AvgIpc) is 2.85. The highest BCUT2D eigenvalue weighted by Crippen LogP contribution is 2.34. The predicted octanol–water partition coefficient (Wildman–Crippen LogP) is 2.28. The van der Waals surface area contributed by atoms with Crippen molar-refractivity contribution in [3.8, 4) is 0 Å². The van der Waals surface area contributed by atoms with Crippen molar-refractivity contribution < 1.29 is 30.9 Å². The van der Waals surface area contributed by atoms with E-state index >= 15 is 0 Å². The van der Waals surface area contributed by atoms with Crippen LogP contribution in [-0.2, 0) is 29.6 Å². The summed E-state index contributed by atoms with van der Waals surface area (Å²) in [6, 6.07) is 11.3. The van der Waals surface area contributed by atoms with Gasteiger partial charge in [-0.2, -0.15) is 8.42 Å². The predicted molar refractivity (Wildman–Crippen MR) is 86.6 cm³/mol. The third-order valence-corrected chi connectivity index (χ3v) is 4.70. The lowest BCUT2D eigenvalue weighted by atomic mass is 10.1. The van der Waals surface area contributed by atoms with Crippen molar-refractivity contribution in [3.63, 3.8) is 0 Å². The molecule has 136 valence electrons. The van der Waals surface area contributed by atoms with Crippen molar-refractivity contribution in [2.75, 3.05) is 0 Å². The van der Waals surface area contributed by atoms with Crippen LogP contribution in [0.3, 0.4) is 0 Å². The van der Waals surface area contributed by atoms with Crippen LogP contribution >= 0.6 is 0 Å². The minimum Gasteiger partial charge on any atom is -0.460 e. The summed E-state index contributed by atoms with van der Waals surface area (Å²) >= 11 is 0. The number of benzene rings is 2. The van der Waals surface area contributed by atoms with Gasteiger partial charge in [-0.25, -0.2) is 8.78 Å². The molecule has 6 nitrogen and oxygen atoms in total. The van der Waals surface area contributed by atoms with Crippen LogP contribution < -0.4 is 5.73 Å². The normalized spacial score (nSPS) is 17.3. The number of halogens is 2. The van der Waals surface area contributed by atoms with Gasteiger partial charge in [-0.05, 0) is 11.6 Å². The van der Waals surface area contributed by atoms with E-state index in [1.54, 1.807) is 30.3 Å². The first-order valence-electron chi connectivity index (χ1n) is 7.39. The number of hydrogen-bond donors (Lipinski definition) is 1. The van der Waals surface area contributed by atoms with Crippen LogP contribution in [0, 0.1) is 11.6 Å². The van der Waals surface area contributed by atoms with Gasteiger partial charge in [-0.15, -0.1) is 0 Å². The summed E-state index contributed by atoms with van der Waals surface area (Å²) in [5.41, 5.74) is 5.55. The molecule has 26 heavy (non-hydrogen) atoms. The summed E-state index contributed by atoms with van der Waals surface area (Å²) in [6.45, 7) is 0. The largest absolute Gasteiger partial charge is 0.460 e. The number of rotatable bonds is 5. The Morgan fingerprint density at radius 1 is 1.08 bits per heavy atom. The Bertz CT molecular complexity index is 989. The standard InChI is InChI=1S/C17H13F2NO5S/c18-12-8-4-7-11(13(12)19)15-14(21)16(17(20)24-15)25-26(22,23)9-10-5-2-1-3-6-10/h1-8,15H,9,20H2/t15-/m1/s1.